The molecule has 0 saturated carbocycles. The molecule has 1 aromatic carbocycles. The number of para-hydroxylation sites is 1. The molecule has 4 rings (SSSR count). The largest absolute Gasteiger partial charge is 0.376 e. The van der Waals surface area contributed by atoms with Crippen LogP contribution in [0.15, 0.2) is 35.3 Å². The Hall–Kier alpha value is -2.05. The van der Waals surface area contributed by atoms with Crippen molar-refractivity contribution in [2.24, 2.45) is 4.99 Å². The molecule has 0 radical (unpaired) electrons. The highest BCUT2D eigenvalue weighted by atomic mass is 16.5. The van der Waals surface area contributed by atoms with E-state index in [0.717, 1.165) is 71.0 Å². The summed E-state index contributed by atoms with van der Waals surface area (Å²) in [7, 11) is 0. The summed E-state index contributed by atoms with van der Waals surface area (Å²) in [6, 6.07) is 10.7. The Morgan fingerprint density at radius 2 is 2.10 bits per heavy atom. The highest BCUT2D eigenvalue weighted by Crippen LogP contribution is 2.18. The molecule has 30 heavy (non-hydrogen) atoms. The third kappa shape index (κ3) is 5.76. The van der Waals surface area contributed by atoms with Crippen molar-refractivity contribution in [1.82, 2.24) is 15.2 Å². The van der Waals surface area contributed by atoms with Crippen molar-refractivity contribution in [1.29, 1.82) is 0 Å². The van der Waals surface area contributed by atoms with Crippen LogP contribution in [-0.2, 0) is 15.9 Å². The maximum Gasteiger partial charge on any atom is 0.193 e. The zero-order valence-corrected chi connectivity index (χ0v) is 18.2. The number of piperidine rings is 1. The van der Waals surface area contributed by atoms with Gasteiger partial charge in [0, 0.05) is 50.4 Å². The zero-order valence-electron chi connectivity index (χ0n) is 18.2. The third-order valence-electron chi connectivity index (χ3n) is 6.10. The Morgan fingerprint density at radius 3 is 2.87 bits per heavy atom. The Balaban J connectivity index is 1.24. The smallest absolute Gasteiger partial charge is 0.193 e. The SMILES string of the molecule is CCNC(=NCCc1cc2ccccc2[nH]1)N1CCC(OCC2CCCCO2)CC1. The molecule has 0 spiro atoms. The van der Waals surface area contributed by atoms with Crippen LogP contribution in [0.1, 0.15) is 44.7 Å². The number of rotatable bonds is 7. The third-order valence-corrected chi connectivity index (χ3v) is 6.10. The molecule has 0 amide bonds. The number of guanidine groups is 1. The summed E-state index contributed by atoms with van der Waals surface area (Å²) in [5.74, 6) is 1.03. The van der Waals surface area contributed by atoms with Gasteiger partial charge in [0.2, 0.25) is 0 Å². The van der Waals surface area contributed by atoms with Gasteiger partial charge in [0.25, 0.3) is 0 Å². The summed E-state index contributed by atoms with van der Waals surface area (Å²) < 4.78 is 12.0. The van der Waals surface area contributed by atoms with Gasteiger partial charge in [-0.05, 0) is 56.5 Å². The number of aromatic amines is 1. The molecule has 2 aromatic rings. The number of aliphatic imine (C=N–C) groups is 1. The van der Waals surface area contributed by atoms with Crippen LogP contribution in [0.4, 0.5) is 0 Å². The van der Waals surface area contributed by atoms with Crippen molar-refractivity contribution in [3.8, 4) is 0 Å². The molecular formula is C24H36N4O2. The number of benzene rings is 1. The van der Waals surface area contributed by atoms with Gasteiger partial charge < -0.3 is 24.7 Å². The predicted octanol–water partition coefficient (Wildman–Crippen LogP) is 3.73. The van der Waals surface area contributed by atoms with Gasteiger partial charge in [-0.15, -0.1) is 0 Å². The second-order valence-electron chi connectivity index (χ2n) is 8.38. The fraction of sp³-hybridized carbons (Fsp3) is 0.625. The number of fused-ring (bicyclic) bond motifs is 1. The minimum absolute atomic E-state index is 0.306. The van der Waals surface area contributed by atoms with Gasteiger partial charge >= 0.3 is 0 Å². The van der Waals surface area contributed by atoms with E-state index in [4.69, 9.17) is 14.5 Å². The first-order chi connectivity index (χ1) is 14.8. The highest BCUT2D eigenvalue weighted by molar-refractivity contribution is 5.81. The molecule has 2 aliphatic rings. The van der Waals surface area contributed by atoms with Gasteiger partial charge in [0.1, 0.15) is 0 Å². The number of ether oxygens (including phenoxy) is 2. The molecule has 1 aromatic heterocycles. The lowest BCUT2D eigenvalue weighted by atomic mass is 10.1. The van der Waals surface area contributed by atoms with Crippen molar-refractivity contribution in [2.45, 2.75) is 57.7 Å². The standard InChI is InChI=1S/C24H36N4O2/c1-2-25-24(26-13-10-20-17-19-7-3-4-9-23(19)27-20)28-14-11-21(12-15-28)30-18-22-8-5-6-16-29-22/h3-4,7,9,17,21-22,27H,2,5-6,8,10-16,18H2,1H3,(H,25,26). The Bertz CT molecular complexity index is 771. The Labute approximate surface area is 180 Å². The minimum Gasteiger partial charge on any atom is -0.376 e. The van der Waals surface area contributed by atoms with Gasteiger partial charge in [-0.25, -0.2) is 0 Å². The van der Waals surface area contributed by atoms with E-state index < -0.39 is 0 Å². The monoisotopic (exact) mass is 412 g/mol. The maximum atomic E-state index is 6.16. The Morgan fingerprint density at radius 1 is 1.23 bits per heavy atom. The number of nitrogens with one attached hydrogen (secondary N) is 2. The summed E-state index contributed by atoms with van der Waals surface area (Å²) in [5, 5.41) is 4.74. The molecule has 164 valence electrons. The second kappa shape index (κ2) is 10.8. The van der Waals surface area contributed by atoms with Crippen LogP contribution < -0.4 is 5.32 Å². The van der Waals surface area contributed by atoms with Gasteiger partial charge in [-0.3, -0.25) is 4.99 Å². The quantitative estimate of drug-likeness (QED) is 0.537. The van der Waals surface area contributed by atoms with Crippen LogP contribution >= 0.6 is 0 Å². The van der Waals surface area contributed by atoms with Crippen LogP contribution in [-0.4, -0.2) is 67.4 Å². The molecule has 2 saturated heterocycles. The van der Waals surface area contributed by atoms with E-state index in [1.54, 1.807) is 0 Å². The van der Waals surface area contributed by atoms with Crippen molar-refractivity contribution < 1.29 is 9.47 Å². The summed E-state index contributed by atoms with van der Waals surface area (Å²) in [5.41, 5.74) is 2.44. The summed E-state index contributed by atoms with van der Waals surface area (Å²) in [4.78, 5) is 10.8. The van der Waals surface area contributed by atoms with Crippen LogP contribution in [0.3, 0.4) is 0 Å². The van der Waals surface area contributed by atoms with Crippen LogP contribution in [0.2, 0.25) is 0 Å². The molecule has 6 heteroatoms. The van der Waals surface area contributed by atoms with Crippen molar-refractivity contribution >= 4 is 16.9 Å². The van der Waals surface area contributed by atoms with Gasteiger partial charge in [-0.2, -0.15) is 0 Å². The molecular weight excluding hydrogens is 376 g/mol. The molecule has 1 atom stereocenters. The van der Waals surface area contributed by atoms with Crippen LogP contribution in [0.25, 0.3) is 10.9 Å². The molecule has 3 heterocycles. The molecule has 1 unspecified atom stereocenters. The van der Waals surface area contributed by atoms with Crippen LogP contribution in [0.5, 0.6) is 0 Å². The minimum atomic E-state index is 0.306. The number of nitrogens with zero attached hydrogens (tertiary/aromatic N) is 2. The molecule has 0 aliphatic carbocycles. The topological polar surface area (TPSA) is 61.9 Å². The van der Waals surface area contributed by atoms with E-state index in [2.05, 4.69) is 52.5 Å². The number of H-pyrrole nitrogens is 1. The molecule has 2 aliphatic heterocycles. The highest BCUT2D eigenvalue weighted by Gasteiger charge is 2.23. The molecule has 0 bridgehead atoms. The van der Waals surface area contributed by atoms with Crippen molar-refractivity contribution in [3.05, 3.63) is 36.0 Å². The Kier molecular flexibility index (Phi) is 7.65. The summed E-state index contributed by atoms with van der Waals surface area (Å²) >= 11 is 0. The first-order valence-corrected chi connectivity index (χ1v) is 11.6. The first-order valence-electron chi connectivity index (χ1n) is 11.6. The fourth-order valence-corrected chi connectivity index (χ4v) is 4.39. The van der Waals surface area contributed by atoms with Gasteiger partial charge in [0.05, 0.1) is 18.8 Å². The summed E-state index contributed by atoms with van der Waals surface area (Å²) in [6.07, 6.45) is 7.30. The van der Waals surface area contributed by atoms with Gasteiger partial charge in [0.15, 0.2) is 5.96 Å². The van der Waals surface area contributed by atoms with E-state index in [9.17, 15) is 0 Å². The summed E-state index contributed by atoms with van der Waals surface area (Å²) in [6.45, 7) is 7.44. The molecule has 6 nitrogen and oxygen atoms in total. The molecule has 2 N–H and O–H groups in total. The first kappa shape index (κ1) is 21.2. The average Bonchev–Trinajstić information content (AvgIpc) is 3.21. The van der Waals surface area contributed by atoms with E-state index in [-0.39, 0.29) is 0 Å². The normalized spacial score (nSPS) is 21.3. The van der Waals surface area contributed by atoms with E-state index in [1.807, 2.05) is 0 Å². The zero-order chi connectivity index (χ0) is 20.6. The number of likely N-dealkylation sites (tertiary alicyclic amines) is 1. The van der Waals surface area contributed by atoms with Crippen molar-refractivity contribution in [3.63, 3.8) is 0 Å². The number of aromatic nitrogens is 1. The lowest BCUT2D eigenvalue weighted by Gasteiger charge is -2.35. The average molecular weight is 413 g/mol. The van der Waals surface area contributed by atoms with Crippen molar-refractivity contribution in [2.75, 3.05) is 39.4 Å². The second-order valence-corrected chi connectivity index (χ2v) is 8.38. The number of hydrogen-bond donors (Lipinski definition) is 2. The van der Waals surface area contributed by atoms with E-state index in [0.29, 0.717) is 12.2 Å². The molecule has 2 fully saturated rings. The predicted molar refractivity (Wildman–Crippen MR) is 122 cm³/mol. The lowest BCUT2D eigenvalue weighted by molar-refractivity contribution is -0.0721. The maximum absolute atomic E-state index is 6.16. The van der Waals surface area contributed by atoms with E-state index >= 15 is 0 Å². The lowest BCUT2D eigenvalue weighted by Crippen LogP contribution is -2.47. The van der Waals surface area contributed by atoms with Gasteiger partial charge in [-0.1, -0.05) is 18.2 Å². The number of hydrogen-bond acceptors (Lipinski definition) is 3. The fourth-order valence-electron chi connectivity index (χ4n) is 4.39. The van der Waals surface area contributed by atoms with E-state index in [1.165, 1.54) is 29.4 Å². The van der Waals surface area contributed by atoms with Crippen LogP contribution in [0, 0.1) is 0 Å².